The molecule has 0 atom stereocenters. The summed E-state index contributed by atoms with van der Waals surface area (Å²) >= 11 is 0. The number of aliphatic carboxylic acids is 1. The number of carboxylic acids is 1. The van der Waals surface area contributed by atoms with E-state index in [1.54, 1.807) is 0 Å². The fourth-order valence-electron chi connectivity index (χ4n) is 2.75. The van der Waals surface area contributed by atoms with E-state index in [1.165, 1.54) is 12.8 Å². The van der Waals surface area contributed by atoms with Gasteiger partial charge in [0.25, 0.3) is 0 Å². The summed E-state index contributed by atoms with van der Waals surface area (Å²) in [5.41, 5.74) is -0.564. The van der Waals surface area contributed by atoms with Crippen molar-refractivity contribution in [2.24, 2.45) is 5.92 Å². The van der Waals surface area contributed by atoms with Gasteiger partial charge in [0.15, 0.2) is 0 Å². The Bertz CT molecular complexity index is 240. The number of carbonyl (C=O) groups is 1. The summed E-state index contributed by atoms with van der Waals surface area (Å²) < 4.78 is 0. The molecule has 0 aromatic rings. The first-order chi connectivity index (χ1) is 7.12. The average molecular weight is 211 g/mol. The second kappa shape index (κ2) is 4.12. The molecule has 0 bridgehead atoms. The minimum atomic E-state index is -0.646. The van der Waals surface area contributed by atoms with Crippen molar-refractivity contribution in [3.05, 3.63) is 0 Å². The number of carboxylic acid groups (broad SMARTS) is 1. The SMILES string of the molecule is CC1CCC(NC2(C(=O)O)CCC2)CC1. The van der Waals surface area contributed by atoms with Crippen LogP contribution in [0.3, 0.4) is 0 Å². The molecule has 2 saturated carbocycles. The van der Waals surface area contributed by atoms with Crippen LogP contribution in [-0.2, 0) is 4.79 Å². The van der Waals surface area contributed by atoms with E-state index in [0.717, 1.165) is 38.0 Å². The Kier molecular flexibility index (Phi) is 3.01. The van der Waals surface area contributed by atoms with Gasteiger partial charge in [0.1, 0.15) is 5.54 Å². The molecule has 0 aromatic heterocycles. The molecule has 2 rings (SSSR count). The Morgan fingerprint density at radius 1 is 1.27 bits per heavy atom. The highest BCUT2D eigenvalue weighted by Gasteiger charge is 2.45. The van der Waals surface area contributed by atoms with Crippen molar-refractivity contribution >= 4 is 5.97 Å². The van der Waals surface area contributed by atoms with Crippen molar-refractivity contribution in [1.29, 1.82) is 0 Å². The van der Waals surface area contributed by atoms with Gasteiger partial charge in [0.2, 0.25) is 0 Å². The lowest BCUT2D eigenvalue weighted by Crippen LogP contribution is -2.60. The van der Waals surface area contributed by atoms with E-state index >= 15 is 0 Å². The molecule has 0 saturated heterocycles. The molecule has 15 heavy (non-hydrogen) atoms. The Labute approximate surface area is 91.2 Å². The first-order valence-electron chi connectivity index (χ1n) is 6.13. The maximum atomic E-state index is 11.2. The van der Waals surface area contributed by atoms with Gasteiger partial charge in [-0.05, 0) is 50.9 Å². The van der Waals surface area contributed by atoms with Crippen LogP contribution in [0.4, 0.5) is 0 Å². The van der Waals surface area contributed by atoms with Crippen LogP contribution in [0, 0.1) is 5.92 Å². The summed E-state index contributed by atoms with van der Waals surface area (Å²) in [5.74, 6) is 0.178. The van der Waals surface area contributed by atoms with Crippen LogP contribution in [0.25, 0.3) is 0 Å². The van der Waals surface area contributed by atoms with E-state index in [0.29, 0.717) is 6.04 Å². The van der Waals surface area contributed by atoms with Gasteiger partial charge in [-0.15, -0.1) is 0 Å². The van der Waals surface area contributed by atoms with E-state index in [1.807, 2.05) is 0 Å². The molecule has 0 spiro atoms. The first-order valence-corrected chi connectivity index (χ1v) is 6.13. The molecule has 2 fully saturated rings. The maximum absolute atomic E-state index is 11.2. The van der Waals surface area contributed by atoms with Gasteiger partial charge in [0, 0.05) is 6.04 Å². The zero-order valence-corrected chi connectivity index (χ0v) is 9.46. The average Bonchev–Trinajstić information content (AvgIpc) is 2.13. The molecule has 0 radical (unpaired) electrons. The fraction of sp³-hybridized carbons (Fsp3) is 0.917. The quantitative estimate of drug-likeness (QED) is 0.752. The molecule has 0 amide bonds. The van der Waals surface area contributed by atoms with Crippen molar-refractivity contribution in [3.63, 3.8) is 0 Å². The van der Waals surface area contributed by atoms with Crippen LogP contribution in [-0.4, -0.2) is 22.7 Å². The molecule has 0 aromatic carbocycles. The van der Waals surface area contributed by atoms with Crippen LogP contribution in [0.5, 0.6) is 0 Å². The summed E-state index contributed by atoms with van der Waals surface area (Å²) in [7, 11) is 0. The topological polar surface area (TPSA) is 49.3 Å². The van der Waals surface area contributed by atoms with E-state index in [-0.39, 0.29) is 0 Å². The maximum Gasteiger partial charge on any atom is 0.323 e. The molecule has 0 unspecified atom stereocenters. The number of hydrogen-bond donors (Lipinski definition) is 2. The van der Waals surface area contributed by atoms with Gasteiger partial charge in [-0.3, -0.25) is 10.1 Å². The number of hydrogen-bond acceptors (Lipinski definition) is 2. The van der Waals surface area contributed by atoms with Crippen LogP contribution < -0.4 is 5.32 Å². The number of nitrogens with one attached hydrogen (secondary N) is 1. The molecule has 0 aliphatic heterocycles. The standard InChI is InChI=1S/C12H21NO2/c1-9-3-5-10(6-4-9)13-12(11(14)15)7-2-8-12/h9-10,13H,2-8H2,1H3,(H,14,15). The predicted octanol–water partition coefficient (Wildman–Crippen LogP) is 2.16. The van der Waals surface area contributed by atoms with Gasteiger partial charge >= 0.3 is 5.97 Å². The molecule has 3 nitrogen and oxygen atoms in total. The Hall–Kier alpha value is -0.570. The van der Waals surface area contributed by atoms with Crippen LogP contribution in [0.1, 0.15) is 51.9 Å². The molecular weight excluding hydrogens is 190 g/mol. The van der Waals surface area contributed by atoms with E-state index in [4.69, 9.17) is 0 Å². The molecular formula is C12H21NO2. The van der Waals surface area contributed by atoms with E-state index in [2.05, 4.69) is 12.2 Å². The van der Waals surface area contributed by atoms with Crippen LogP contribution in [0.2, 0.25) is 0 Å². The zero-order valence-electron chi connectivity index (χ0n) is 9.46. The van der Waals surface area contributed by atoms with Crippen LogP contribution >= 0.6 is 0 Å². The zero-order chi connectivity index (χ0) is 10.9. The number of rotatable bonds is 3. The summed E-state index contributed by atoms with van der Waals surface area (Å²) in [6, 6.07) is 0.442. The monoisotopic (exact) mass is 211 g/mol. The van der Waals surface area contributed by atoms with Crippen molar-refractivity contribution in [2.45, 2.75) is 63.5 Å². The van der Waals surface area contributed by atoms with Gasteiger partial charge in [-0.1, -0.05) is 6.92 Å². The second-order valence-electron chi connectivity index (χ2n) is 5.34. The van der Waals surface area contributed by atoms with Crippen molar-refractivity contribution in [1.82, 2.24) is 5.32 Å². The fourth-order valence-corrected chi connectivity index (χ4v) is 2.75. The third kappa shape index (κ3) is 2.17. The first kappa shape index (κ1) is 10.9. The summed E-state index contributed by atoms with van der Waals surface area (Å²) in [6.07, 6.45) is 7.47. The highest BCUT2D eigenvalue weighted by atomic mass is 16.4. The summed E-state index contributed by atoms with van der Waals surface area (Å²) in [4.78, 5) is 11.2. The predicted molar refractivity (Wildman–Crippen MR) is 58.8 cm³/mol. The van der Waals surface area contributed by atoms with Crippen molar-refractivity contribution < 1.29 is 9.90 Å². The Balaban J connectivity index is 1.88. The third-order valence-electron chi connectivity index (χ3n) is 4.11. The van der Waals surface area contributed by atoms with E-state index in [9.17, 15) is 9.90 Å². The molecule has 2 aliphatic carbocycles. The lowest BCUT2D eigenvalue weighted by atomic mass is 9.75. The normalized spacial score (nSPS) is 34.5. The minimum Gasteiger partial charge on any atom is -0.480 e. The lowest BCUT2D eigenvalue weighted by molar-refractivity contribution is -0.149. The summed E-state index contributed by atoms with van der Waals surface area (Å²) in [6.45, 7) is 2.28. The highest BCUT2D eigenvalue weighted by molar-refractivity contribution is 5.80. The molecule has 2 aliphatic rings. The molecule has 0 heterocycles. The minimum absolute atomic E-state index is 0.442. The van der Waals surface area contributed by atoms with Gasteiger partial charge in [0.05, 0.1) is 0 Å². The van der Waals surface area contributed by atoms with Gasteiger partial charge in [-0.2, -0.15) is 0 Å². The van der Waals surface area contributed by atoms with Crippen molar-refractivity contribution in [3.8, 4) is 0 Å². The second-order valence-corrected chi connectivity index (χ2v) is 5.34. The van der Waals surface area contributed by atoms with Gasteiger partial charge in [-0.25, -0.2) is 0 Å². The van der Waals surface area contributed by atoms with Crippen LogP contribution in [0.15, 0.2) is 0 Å². The summed E-state index contributed by atoms with van der Waals surface area (Å²) in [5, 5.41) is 12.6. The Morgan fingerprint density at radius 3 is 2.27 bits per heavy atom. The third-order valence-corrected chi connectivity index (χ3v) is 4.11. The molecule has 86 valence electrons. The Morgan fingerprint density at radius 2 is 1.87 bits per heavy atom. The van der Waals surface area contributed by atoms with Crippen molar-refractivity contribution in [2.75, 3.05) is 0 Å². The largest absolute Gasteiger partial charge is 0.480 e. The molecule has 2 N–H and O–H groups in total. The highest BCUT2D eigenvalue weighted by Crippen LogP contribution is 2.34. The van der Waals surface area contributed by atoms with E-state index < -0.39 is 11.5 Å². The smallest absolute Gasteiger partial charge is 0.323 e. The lowest BCUT2D eigenvalue weighted by Gasteiger charge is -2.42. The molecule has 3 heteroatoms. The van der Waals surface area contributed by atoms with Gasteiger partial charge < -0.3 is 5.11 Å².